The maximum atomic E-state index is 12.8. The summed E-state index contributed by atoms with van der Waals surface area (Å²) < 4.78 is 28.2. The number of nitrogens with one attached hydrogen (secondary N) is 1. The van der Waals surface area contributed by atoms with Crippen LogP contribution in [0.15, 0.2) is 95.9 Å². The summed E-state index contributed by atoms with van der Waals surface area (Å²) in [5.74, 6) is 0. The van der Waals surface area contributed by atoms with Crippen LogP contribution in [-0.2, 0) is 10.0 Å². The number of hydrogen-bond acceptors (Lipinski definition) is 4. The minimum absolute atomic E-state index is 0.0351. The number of nitro benzene ring substituents is 1. The smallest absolute Gasteiger partial charge is 0.258 e. The highest BCUT2D eigenvalue weighted by Gasteiger charge is 2.20. The molecule has 1 atom stereocenters. The van der Waals surface area contributed by atoms with Gasteiger partial charge in [0, 0.05) is 12.1 Å². The van der Waals surface area contributed by atoms with Gasteiger partial charge in [-0.15, -0.1) is 0 Å². The van der Waals surface area contributed by atoms with Crippen molar-refractivity contribution in [2.45, 2.75) is 10.9 Å². The van der Waals surface area contributed by atoms with Crippen molar-refractivity contribution in [1.82, 2.24) is 4.72 Å². The molecule has 3 rings (SSSR count). The third-order valence-corrected chi connectivity index (χ3v) is 5.54. The topological polar surface area (TPSA) is 89.3 Å². The molecule has 1 N–H and O–H groups in total. The Balaban J connectivity index is 1.90. The fourth-order valence-electron chi connectivity index (χ4n) is 2.63. The van der Waals surface area contributed by atoms with Gasteiger partial charge in [-0.25, -0.2) is 8.42 Å². The molecule has 3 aromatic carbocycles. The molecule has 7 heteroatoms. The van der Waals surface area contributed by atoms with Crippen molar-refractivity contribution in [3.8, 4) is 0 Å². The van der Waals surface area contributed by atoms with Gasteiger partial charge >= 0.3 is 0 Å². The Labute approximate surface area is 163 Å². The minimum atomic E-state index is -3.88. The molecular weight excluding hydrogens is 376 g/mol. The number of nitrogens with zero attached hydrogens (tertiary/aromatic N) is 1. The molecular formula is C21H18N2O4S. The molecule has 0 amide bonds. The predicted octanol–water partition coefficient (Wildman–Crippen LogP) is 4.33. The van der Waals surface area contributed by atoms with Crippen LogP contribution in [0.3, 0.4) is 0 Å². The molecule has 0 aromatic heterocycles. The van der Waals surface area contributed by atoms with E-state index in [0.29, 0.717) is 0 Å². The number of sulfonamides is 1. The zero-order valence-electron chi connectivity index (χ0n) is 14.8. The van der Waals surface area contributed by atoms with Crippen LogP contribution in [0, 0.1) is 10.1 Å². The summed E-state index contributed by atoms with van der Waals surface area (Å²) in [6.07, 6.45) is 3.61. The van der Waals surface area contributed by atoms with E-state index < -0.39 is 21.0 Å². The standard InChI is InChI=1S/C21H18N2O4S/c24-23(25)19-12-14-20(15-13-19)28(26,27)22-21(18-9-5-2-6-10-18)16-11-17-7-3-1-4-8-17/h1-16,21-22H/b16-11+. The van der Waals surface area contributed by atoms with Gasteiger partial charge < -0.3 is 0 Å². The number of nitro groups is 1. The van der Waals surface area contributed by atoms with Crippen molar-refractivity contribution in [2.24, 2.45) is 0 Å². The van der Waals surface area contributed by atoms with Crippen LogP contribution in [0.25, 0.3) is 6.08 Å². The monoisotopic (exact) mass is 394 g/mol. The first kappa shape index (κ1) is 19.5. The molecule has 142 valence electrons. The molecule has 0 spiro atoms. The zero-order valence-corrected chi connectivity index (χ0v) is 15.6. The summed E-state index contributed by atoms with van der Waals surface area (Å²) in [7, 11) is -3.88. The average molecular weight is 394 g/mol. The van der Waals surface area contributed by atoms with Crippen LogP contribution in [-0.4, -0.2) is 13.3 Å². The highest BCUT2D eigenvalue weighted by atomic mass is 32.2. The Morgan fingerprint density at radius 1 is 0.857 bits per heavy atom. The van der Waals surface area contributed by atoms with Gasteiger partial charge in [-0.1, -0.05) is 72.8 Å². The van der Waals surface area contributed by atoms with E-state index in [-0.39, 0.29) is 10.6 Å². The quantitative estimate of drug-likeness (QED) is 0.477. The van der Waals surface area contributed by atoms with E-state index >= 15 is 0 Å². The van der Waals surface area contributed by atoms with Crippen LogP contribution in [0.2, 0.25) is 0 Å². The van der Waals surface area contributed by atoms with Gasteiger partial charge in [0.25, 0.3) is 5.69 Å². The van der Waals surface area contributed by atoms with E-state index in [1.54, 1.807) is 6.08 Å². The molecule has 0 fully saturated rings. The summed E-state index contributed by atoms with van der Waals surface area (Å²) in [6, 6.07) is 22.9. The Morgan fingerprint density at radius 2 is 1.43 bits per heavy atom. The van der Waals surface area contributed by atoms with Gasteiger partial charge in [-0.3, -0.25) is 10.1 Å². The van der Waals surface area contributed by atoms with E-state index in [9.17, 15) is 18.5 Å². The van der Waals surface area contributed by atoms with Crippen molar-refractivity contribution >= 4 is 21.8 Å². The molecule has 28 heavy (non-hydrogen) atoms. The van der Waals surface area contributed by atoms with Crippen molar-refractivity contribution in [3.63, 3.8) is 0 Å². The van der Waals surface area contributed by atoms with Crippen molar-refractivity contribution in [3.05, 3.63) is 112 Å². The first-order valence-electron chi connectivity index (χ1n) is 8.51. The number of hydrogen-bond donors (Lipinski definition) is 1. The molecule has 6 nitrogen and oxygen atoms in total. The lowest BCUT2D eigenvalue weighted by atomic mass is 10.1. The molecule has 0 saturated carbocycles. The summed E-state index contributed by atoms with van der Waals surface area (Å²) >= 11 is 0. The third kappa shape index (κ3) is 4.91. The van der Waals surface area contributed by atoms with Crippen LogP contribution in [0.1, 0.15) is 17.2 Å². The molecule has 0 bridgehead atoms. The Bertz CT molecular complexity index is 1060. The maximum Gasteiger partial charge on any atom is 0.269 e. The molecule has 1 unspecified atom stereocenters. The van der Waals surface area contributed by atoms with Crippen LogP contribution in [0.4, 0.5) is 5.69 Å². The Morgan fingerprint density at radius 3 is 2.00 bits per heavy atom. The second-order valence-electron chi connectivity index (χ2n) is 6.03. The lowest BCUT2D eigenvalue weighted by Gasteiger charge is -2.16. The largest absolute Gasteiger partial charge is 0.269 e. The number of rotatable bonds is 7. The van der Waals surface area contributed by atoms with E-state index in [1.165, 1.54) is 24.3 Å². The molecule has 0 radical (unpaired) electrons. The molecule has 3 aromatic rings. The van der Waals surface area contributed by atoms with Gasteiger partial charge in [0.2, 0.25) is 10.0 Å². The Kier molecular flexibility index (Phi) is 5.98. The lowest BCUT2D eigenvalue weighted by Crippen LogP contribution is -2.27. The molecule has 0 aliphatic heterocycles. The lowest BCUT2D eigenvalue weighted by molar-refractivity contribution is -0.384. The fraction of sp³-hybridized carbons (Fsp3) is 0.0476. The van der Waals surface area contributed by atoms with Gasteiger partial charge in [-0.05, 0) is 23.3 Å². The van der Waals surface area contributed by atoms with Gasteiger partial charge in [0.05, 0.1) is 15.9 Å². The first-order valence-corrected chi connectivity index (χ1v) is 9.99. The van der Waals surface area contributed by atoms with Crippen LogP contribution < -0.4 is 4.72 Å². The van der Waals surface area contributed by atoms with E-state index in [4.69, 9.17) is 0 Å². The van der Waals surface area contributed by atoms with Crippen LogP contribution >= 0.6 is 0 Å². The van der Waals surface area contributed by atoms with E-state index in [2.05, 4.69) is 4.72 Å². The van der Waals surface area contributed by atoms with Crippen molar-refractivity contribution < 1.29 is 13.3 Å². The average Bonchev–Trinajstić information content (AvgIpc) is 2.72. The van der Waals surface area contributed by atoms with Gasteiger partial charge in [-0.2, -0.15) is 4.72 Å². The highest BCUT2D eigenvalue weighted by Crippen LogP contribution is 2.21. The Hall–Kier alpha value is -3.29. The second-order valence-corrected chi connectivity index (χ2v) is 7.74. The molecule has 0 aliphatic carbocycles. The second kappa shape index (κ2) is 8.60. The molecule has 0 heterocycles. The third-order valence-electron chi connectivity index (χ3n) is 4.08. The summed E-state index contributed by atoms with van der Waals surface area (Å²) in [5, 5.41) is 10.8. The predicted molar refractivity (Wildman–Crippen MR) is 108 cm³/mol. The van der Waals surface area contributed by atoms with E-state index in [0.717, 1.165) is 11.1 Å². The van der Waals surface area contributed by atoms with Crippen molar-refractivity contribution in [2.75, 3.05) is 0 Å². The van der Waals surface area contributed by atoms with Gasteiger partial charge in [0.1, 0.15) is 0 Å². The summed E-state index contributed by atoms with van der Waals surface area (Å²) in [5.41, 5.74) is 1.56. The zero-order chi connectivity index (χ0) is 20.0. The number of benzene rings is 3. The molecule has 0 aliphatic rings. The molecule has 0 saturated heterocycles. The summed E-state index contributed by atoms with van der Waals surface area (Å²) in [6.45, 7) is 0. The first-order chi connectivity index (χ1) is 13.5. The summed E-state index contributed by atoms with van der Waals surface area (Å²) in [4.78, 5) is 10.2. The highest BCUT2D eigenvalue weighted by molar-refractivity contribution is 7.89. The van der Waals surface area contributed by atoms with Crippen molar-refractivity contribution in [1.29, 1.82) is 0 Å². The SMILES string of the molecule is O=[N+]([O-])c1ccc(S(=O)(=O)NC(/C=C/c2ccccc2)c2ccccc2)cc1. The van der Waals surface area contributed by atoms with Crippen LogP contribution in [0.5, 0.6) is 0 Å². The number of non-ortho nitro benzene ring substituents is 1. The fourth-order valence-corrected chi connectivity index (χ4v) is 3.81. The van der Waals surface area contributed by atoms with Gasteiger partial charge in [0.15, 0.2) is 0 Å². The maximum absolute atomic E-state index is 12.8. The van der Waals surface area contributed by atoms with E-state index in [1.807, 2.05) is 66.7 Å². The minimum Gasteiger partial charge on any atom is -0.258 e. The normalized spacial score (nSPS) is 12.7.